The van der Waals surface area contributed by atoms with Crippen molar-refractivity contribution in [1.29, 1.82) is 0 Å². The molecule has 0 N–H and O–H groups in total. The molecular formula is C10H12S. The molecule has 0 radical (unpaired) electrons. The molecule has 1 heterocycles. The standard InChI is InChI=1S/C10H12S/c1-7-3-4-9-6-8(2)11-10(9)5-7/h4-7H,3H2,1-2H3. The van der Waals surface area contributed by atoms with Gasteiger partial charge in [0.2, 0.25) is 0 Å². The number of fused-ring (bicyclic) bond motifs is 1. The summed E-state index contributed by atoms with van der Waals surface area (Å²) in [5, 5.41) is 1.45. The van der Waals surface area contributed by atoms with Crippen LogP contribution in [0, 0.1) is 12.8 Å². The van der Waals surface area contributed by atoms with Crippen LogP contribution in [0.3, 0.4) is 0 Å². The van der Waals surface area contributed by atoms with Gasteiger partial charge in [-0.15, -0.1) is 11.3 Å². The van der Waals surface area contributed by atoms with Crippen LogP contribution in [0.15, 0.2) is 6.07 Å². The Morgan fingerprint density at radius 1 is 1.55 bits per heavy atom. The van der Waals surface area contributed by atoms with Crippen LogP contribution in [-0.2, 0) is 0 Å². The highest BCUT2D eigenvalue weighted by molar-refractivity contribution is 7.09. The molecule has 1 aromatic rings. The highest BCUT2D eigenvalue weighted by Crippen LogP contribution is 2.08. The second-order valence-corrected chi connectivity index (χ2v) is 4.55. The predicted octanol–water partition coefficient (Wildman–Crippen LogP) is 1.66. The van der Waals surface area contributed by atoms with Crippen LogP contribution in [-0.4, -0.2) is 0 Å². The Balaban J connectivity index is 2.72. The zero-order chi connectivity index (χ0) is 7.84. The highest BCUT2D eigenvalue weighted by Gasteiger charge is 2.02. The van der Waals surface area contributed by atoms with Gasteiger partial charge in [0.05, 0.1) is 0 Å². The molecule has 0 nitrogen and oxygen atoms in total. The summed E-state index contributed by atoms with van der Waals surface area (Å²) < 4.78 is 1.47. The van der Waals surface area contributed by atoms with Gasteiger partial charge < -0.3 is 0 Å². The Bertz CT molecular complexity index is 370. The summed E-state index contributed by atoms with van der Waals surface area (Å²) in [6, 6.07) is 2.28. The summed E-state index contributed by atoms with van der Waals surface area (Å²) in [6.45, 7) is 4.45. The smallest absolute Gasteiger partial charge is 0.0305 e. The quantitative estimate of drug-likeness (QED) is 0.547. The van der Waals surface area contributed by atoms with Gasteiger partial charge in [-0.3, -0.25) is 0 Å². The van der Waals surface area contributed by atoms with Crippen molar-refractivity contribution in [2.24, 2.45) is 5.92 Å². The second-order valence-electron chi connectivity index (χ2n) is 3.26. The molecule has 1 unspecified atom stereocenters. The van der Waals surface area contributed by atoms with Gasteiger partial charge in [-0.25, -0.2) is 0 Å². The normalized spacial score (nSPS) is 21.8. The van der Waals surface area contributed by atoms with Crippen molar-refractivity contribution < 1.29 is 0 Å². The molecular weight excluding hydrogens is 152 g/mol. The van der Waals surface area contributed by atoms with E-state index in [1.54, 1.807) is 0 Å². The van der Waals surface area contributed by atoms with E-state index < -0.39 is 0 Å². The van der Waals surface area contributed by atoms with E-state index in [-0.39, 0.29) is 0 Å². The van der Waals surface area contributed by atoms with E-state index in [0.717, 1.165) is 5.92 Å². The lowest BCUT2D eigenvalue weighted by Crippen LogP contribution is -2.22. The second kappa shape index (κ2) is 2.49. The lowest BCUT2D eigenvalue weighted by atomic mass is 10.0. The van der Waals surface area contributed by atoms with Crippen LogP contribution < -0.4 is 9.75 Å². The molecule has 0 spiro atoms. The van der Waals surface area contributed by atoms with Crippen LogP contribution >= 0.6 is 11.3 Å². The van der Waals surface area contributed by atoms with E-state index in [4.69, 9.17) is 0 Å². The van der Waals surface area contributed by atoms with Gasteiger partial charge in [0, 0.05) is 9.41 Å². The average Bonchev–Trinajstić information content (AvgIpc) is 2.27. The number of hydrogen-bond donors (Lipinski definition) is 0. The maximum atomic E-state index is 2.38. The predicted molar refractivity (Wildman–Crippen MR) is 51.0 cm³/mol. The Labute approximate surface area is 70.9 Å². The van der Waals surface area contributed by atoms with E-state index in [9.17, 15) is 0 Å². The van der Waals surface area contributed by atoms with Gasteiger partial charge in [0.1, 0.15) is 0 Å². The third kappa shape index (κ3) is 1.25. The zero-order valence-electron chi connectivity index (χ0n) is 6.92. The summed E-state index contributed by atoms with van der Waals surface area (Å²) in [6.07, 6.45) is 5.94. The molecule has 0 amide bonds. The molecule has 2 rings (SSSR count). The Hall–Kier alpha value is -0.560. The molecule has 1 aliphatic carbocycles. The molecule has 1 aromatic heterocycles. The molecule has 0 aliphatic heterocycles. The van der Waals surface area contributed by atoms with Gasteiger partial charge in [-0.05, 0) is 30.5 Å². The van der Waals surface area contributed by atoms with Crippen molar-refractivity contribution in [3.8, 4) is 0 Å². The van der Waals surface area contributed by atoms with Gasteiger partial charge in [-0.2, -0.15) is 0 Å². The minimum Gasteiger partial charge on any atom is -0.141 e. The lowest BCUT2D eigenvalue weighted by molar-refractivity contribution is 0.803. The molecule has 0 saturated heterocycles. The Morgan fingerprint density at radius 2 is 2.36 bits per heavy atom. The van der Waals surface area contributed by atoms with Gasteiger partial charge >= 0.3 is 0 Å². The molecule has 0 aromatic carbocycles. The summed E-state index contributed by atoms with van der Waals surface area (Å²) in [5.41, 5.74) is 0. The number of aryl methyl sites for hydroxylation is 1. The molecule has 1 aliphatic rings. The topological polar surface area (TPSA) is 0 Å². The molecule has 58 valence electrons. The van der Waals surface area contributed by atoms with Crippen molar-refractivity contribution in [2.75, 3.05) is 0 Å². The van der Waals surface area contributed by atoms with Crippen molar-refractivity contribution in [3.63, 3.8) is 0 Å². The first-order valence-electron chi connectivity index (χ1n) is 4.04. The molecule has 11 heavy (non-hydrogen) atoms. The van der Waals surface area contributed by atoms with Crippen LogP contribution in [0.5, 0.6) is 0 Å². The Morgan fingerprint density at radius 3 is 3.18 bits per heavy atom. The minimum absolute atomic E-state index is 0.737. The first kappa shape index (κ1) is 7.11. The molecule has 0 saturated carbocycles. The number of thiophene rings is 1. The maximum Gasteiger partial charge on any atom is 0.0305 e. The first-order valence-corrected chi connectivity index (χ1v) is 4.86. The van der Waals surface area contributed by atoms with Crippen molar-refractivity contribution in [2.45, 2.75) is 20.3 Å². The van der Waals surface area contributed by atoms with Gasteiger partial charge in [0.15, 0.2) is 0 Å². The maximum absolute atomic E-state index is 2.38. The minimum atomic E-state index is 0.737. The van der Waals surface area contributed by atoms with E-state index in [1.165, 1.54) is 21.0 Å². The van der Waals surface area contributed by atoms with Crippen LogP contribution in [0.4, 0.5) is 0 Å². The third-order valence-electron chi connectivity index (χ3n) is 2.06. The monoisotopic (exact) mass is 164 g/mol. The fourth-order valence-corrected chi connectivity index (χ4v) is 2.57. The Kier molecular flexibility index (Phi) is 1.61. The third-order valence-corrected chi connectivity index (χ3v) is 3.09. The summed E-state index contributed by atoms with van der Waals surface area (Å²) in [4.78, 5) is 1.43. The van der Waals surface area contributed by atoms with Gasteiger partial charge in [-0.1, -0.05) is 19.1 Å². The first-order chi connectivity index (χ1) is 5.25. The van der Waals surface area contributed by atoms with E-state index in [0.29, 0.717) is 0 Å². The molecule has 1 atom stereocenters. The zero-order valence-corrected chi connectivity index (χ0v) is 7.74. The molecule has 1 heteroatoms. The van der Waals surface area contributed by atoms with Gasteiger partial charge in [0.25, 0.3) is 0 Å². The number of hydrogen-bond acceptors (Lipinski definition) is 1. The van der Waals surface area contributed by atoms with Crippen LogP contribution in [0.2, 0.25) is 0 Å². The van der Waals surface area contributed by atoms with E-state index in [1.807, 2.05) is 11.3 Å². The average molecular weight is 164 g/mol. The summed E-state index contributed by atoms with van der Waals surface area (Å²) in [7, 11) is 0. The highest BCUT2D eigenvalue weighted by atomic mass is 32.1. The fourth-order valence-electron chi connectivity index (χ4n) is 1.48. The van der Waals surface area contributed by atoms with Crippen molar-refractivity contribution in [1.82, 2.24) is 0 Å². The van der Waals surface area contributed by atoms with Crippen molar-refractivity contribution in [3.05, 3.63) is 20.7 Å². The fraction of sp³-hybridized carbons (Fsp3) is 0.400. The largest absolute Gasteiger partial charge is 0.141 e. The summed E-state index contributed by atoms with van der Waals surface area (Å²) in [5.74, 6) is 0.737. The van der Waals surface area contributed by atoms with E-state index >= 15 is 0 Å². The van der Waals surface area contributed by atoms with Crippen molar-refractivity contribution >= 4 is 23.5 Å². The lowest BCUT2D eigenvalue weighted by Gasteiger charge is -2.03. The SMILES string of the molecule is Cc1cc2c(s1)=CC(C)CC=2. The van der Waals surface area contributed by atoms with Crippen LogP contribution in [0.1, 0.15) is 18.2 Å². The molecule has 0 fully saturated rings. The molecule has 0 bridgehead atoms. The van der Waals surface area contributed by atoms with E-state index in [2.05, 4.69) is 32.1 Å². The van der Waals surface area contributed by atoms with Crippen LogP contribution in [0.25, 0.3) is 12.2 Å². The number of rotatable bonds is 0. The summed E-state index contributed by atoms with van der Waals surface area (Å²) >= 11 is 1.91.